The maximum absolute atomic E-state index is 13.1. The third kappa shape index (κ3) is 4.18. The molecule has 1 heterocycles. The van der Waals surface area contributed by atoms with E-state index in [-0.39, 0.29) is 11.9 Å². The third-order valence-corrected chi connectivity index (χ3v) is 5.24. The molecule has 0 unspecified atom stereocenters. The second-order valence-electron chi connectivity index (χ2n) is 5.79. The second kappa shape index (κ2) is 8.35. The normalized spacial score (nSPS) is 13.2. The van der Waals surface area contributed by atoms with E-state index in [1.165, 1.54) is 23.5 Å². The molecule has 0 saturated carbocycles. The largest absolute Gasteiger partial charge is 0.383 e. The van der Waals surface area contributed by atoms with E-state index in [2.05, 4.69) is 9.56 Å². The number of ether oxygens (including phenoxy) is 1. The van der Waals surface area contributed by atoms with E-state index in [9.17, 15) is 4.39 Å². The van der Waals surface area contributed by atoms with Gasteiger partial charge in [0.15, 0.2) is 4.80 Å². The first kappa shape index (κ1) is 19.1. The van der Waals surface area contributed by atoms with Gasteiger partial charge in [-0.15, -0.1) is 11.3 Å². The monoisotopic (exact) mass is 410 g/mol. The third-order valence-electron chi connectivity index (χ3n) is 3.85. The molecule has 1 atom stereocenters. The van der Waals surface area contributed by atoms with Crippen molar-refractivity contribution in [3.05, 3.63) is 68.5 Å². The van der Waals surface area contributed by atoms with Crippen LogP contribution in [0.1, 0.15) is 13.0 Å². The van der Waals surface area contributed by atoms with Gasteiger partial charge in [-0.3, -0.25) is 0 Å². The van der Waals surface area contributed by atoms with Crippen LogP contribution in [0.2, 0.25) is 10.0 Å². The summed E-state index contributed by atoms with van der Waals surface area (Å²) in [6, 6.07) is 11.5. The highest BCUT2D eigenvalue weighted by Gasteiger charge is 2.16. The molecule has 2 aromatic carbocycles. The van der Waals surface area contributed by atoms with Crippen molar-refractivity contribution in [2.75, 3.05) is 13.7 Å². The van der Waals surface area contributed by atoms with Gasteiger partial charge in [0.05, 0.1) is 29.1 Å². The molecule has 0 aliphatic carbocycles. The van der Waals surface area contributed by atoms with E-state index in [4.69, 9.17) is 27.9 Å². The van der Waals surface area contributed by atoms with Crippen molar-refractivity contribution in [3.63, 3.8) is 0 Å². The standard InChI is InChI=1S/C19H17Cl2FN2OS/c1-12(10-25-2)24-18(16-8-3-13(20)9-17(16)21)11-26-19(24)23-15-6-4-14(22)5-7-15/h3-9,11-12H,10H2,1-2H3/t12-/m0/s1. The minimum absolute atomic E-state index is 0.0344. The predicted octanol–water partition coefficient (Wildman–Crippen LogP) is 6.10. The molecule has 0 saturated heterocycles. The first-order chi connectivity index (χ1) is 12.5. The zero-order chi connectivity index (χ0) is 18.7. The quantitative estimate of drug-likeness (QED) is 0.498. The highest BCUT2D eigenvalue weighted by atomic mass is 35.5. The van der Waals surface area contributed by atoms with Crippen molar-refractivity contribution >= 4 is 40.2 Å². The first-order valence-corrected chi connectivity index (χ1v) is 9.58. The number of methoxy groups -OCH3 is 1. The fourth-order valence-corrected chi connectivity index (χ4v) is 4.18. The number of benzene rings is 2. The Morgan fingerprint density at radius 2 is 1.92 bits per heavy atom. The summed E-state index contributed by atoms with van der Waals surface area (Å²) in [4.78, 5) is 5.45. The van der Waals surface area contributed by atoms with Crippen LogP contribution < -0.4 is 4.80 Å². The summed E-state index contributed by atoms with van der Waals surface area (Å²) < 4.78 is 20.6. The van der Waals surface area contributed by atoms with Crippen LogP contribution in [-0.2, 0) is 4.74 Å². The Morgan fingerprint density at radius 3 is 2.58 bits per heavy atom. The molecule has 0 fully saturated rings. The van der Waals surface area contributed by atoms with Crippen molar-refractivity contribution in [1.29, 1.82) is 0 Å². The topological polar surface area (TPSA) is 26.5 Å². The highest BCUT2D eigenvalue weighted by Crippen LogP contribution is 2.32. The van der Waals surface area contributed by atoms with Crippen molar-refractivity contribution in [3.8, 4) is 11.3 Å². The van der Waals surface area contributed by atoms with Gasteiger partial charge in [0.2, 0.25) is 0 Å². The molecule has 0 spiro atoms. The van der Waals surface area contributed by atoms with Gasteiger partial charge < -0.3 is 9.30 Å². The number of hydrogen-bond donors (Lipinski definition) is 0. The van der Waals surface area contributed by atoms with Crippen LogP contribution in [-0.4, -0.2) is 18.3 Å². The molecule has 0 bridgehead atoms. The fraction of sp³-hybridized carbons (Fsp3) is 0.211. The van der Waals surface area contributed by atoms with Gasteiger partial charge in [0.1, 0.15) is 5.82 Å². The van der Waals surface area contributed by atoms with Crippen LogP contribution in [0.3, 0.4) is 0 Å². The van der Waals surface area contributed by atoms with Gasteiger partial charge in [0, 0.05) is 23.1 Å². The molecule has 0 aliphatic heterocycles. The molecule has 0 aliphatic rings. The highest BCUT2D eigenvalue weighted by molar-refractivity contribution is 7.07. The Labute approximate surface area is 165 Å². The van der Waals surface area contributed by atoms with Crippen molar-refractivity contribution in [2.24, 2.45) is 4.99 Å². The SMILES string of the molecule is COC[C@H](C)n1c(-c2ccc(Cl)cc2Cl)csc1=Nc1ccc(F)cc1. The van der Waals surface area contributed by atoms with E-state index in [0.29, 0.717) is 22.3 Å². The van der Waals surface area contributed by atoms with Crippen molar-refractivity contribution in [2.45, 2.75) is 13.0 Å². The number of halogens is 3. The van der Waals surface area contributed by atoms with Gasteiger partial charge in [-0.2, -0.15) is 0 Å². The Hall–Kier alpha value is -1.66. The number of thiazole rings is 1. The van der Waals surface area contributed by atoms with Crippen LogP contribution >= 0.6 is 34.5 Å². The van der Waals surface area contributed by atoms with Gasteiger partial charge in [-0.1, -0.05) is 23.2 Å². The Balaban J connectivity index is 2.17. The smallest absolute Gasteiger partial charge is 0.190 e. The summed E-state index contributed by atoms with van der Waals surface area (Å²) in [5.41, 5.74) is 2.48. The zero-order valence-electron chi connectivity index (χ0n) is 14.2. The van der Waals surface area contributed by atoms with Crippen LogP contribution in [0.4, 0.5) is 10.1 Å². The lowest BCUT2D eigenvalue weighted by Crippen LogP contribution is -2.23. The van der Waals surface area contributed by atoms with E-state index in [0.717, 1.165) is 16.1 Å². The minimum Gasteiger partial charge on any atom is -0.383 e. The Bertz CT molecular complexity index is 966. The summed E-state index contributed by atoms with van der Waals surface area (Å²) in [7, 11) is 1.66. The number of rotatable bonds is 5. The van der Waals surface area contributed by atoms with Crippen LogP contribution in [0.25, 0.3) is 11.3 Å². The Kier molecular flexibility index (Phi) is 6.14. The lowest BCUT2D eigenvalue weighted by atomic mass is 10.1. The molecule has 1 aromatic heterocycles. The van der Waals surface area contributed by atoms with E-state index in [1.807, 2.05) is 24.4 Å². The summed E-state index contributed by atoms with van der Waals surface area (Å²) in [6.07, 6.45) is 0. The fourth-order valence-electron chi connectivity index (χ4n) is 2.66. The molecular weight excluding hydrogens is 394 g/mol. The van der Waals surface area contributed by atoms with E-state index >= 15 is 0 Å². The minimum atomic E-state index is -0.288. The second-order valence-corrected chi connectivity index (χ2v) is 7.47. The number of aromatic nitrogens is 1. The lowest BCUT2D eigenvalue weighted by Gasteiger charge is -2.17. The zero-order valence-corrected chi connectivity index (χ0v) is 16.6. The number of nitrogens with zero attached hydrogens (tertiary/aromatic N) is 2. The molecule has 0 N–H and O–H groups in total. The van der Waals surface area contributed by atoms with E-state index < -0.39 is 0 Å². The van der Waals surface area contributed by atoms with Crippen LogP contribution in [0, 0.1) is 5.82 Å². The molecule has 3 rings (SSSR count). The average molecular weight is 411 g/mol. The molecule has 0 amide bonds. The molecular formula is C19H17Cl2FN2OS. The summed E-state index contributed by atoms with van der Waals surface area (Å²) in [5, 5.41) is 3.16. The summed E-state index contributed by atoms with van der Waals surface area (Å²) in [6.45, 7) is 2.57. The summed E-state index contributed by atoms with van der Waals surface area (Å²) >= 11 is 13.9. The van der Waals surface area contributed by atoms with E-state index in [1.54, 1.807) is 25.3 Å². The predicted molar refractivity (Wildman–Crippen MR) is 106 cm³/mol. The van der Waals surface area contributed by atoms with Gasteiger partial charge in [-0.25, -0.2) is 9.38 Å². The molecule has 136 valence electrons. The average Bonchev–Trinajstić information content (AvgIpc) is 3.00. The van der Waals surface area contributed by atoms with Gasteiger partial charge >= 0.3 is 0 Å². The van der Waals surface area contributed by atoms with Gasteiger partial charge in [0.25, 0.3) is 0 Å². The van der Waals surface area contributed by atoms with Crippen LogP contribution in [0.5, 0.6) is 0 Å². The molecule has 26 heavy (non-hydrogen) atoms. The van der Waals surface area contributed by atoms with Crippen LogP contribution in [0.15, 0.2) is 52.8 Å². The molecule has 3 aromatic rings. The molecule has 3 nitrogen and oxygen atoms in total. The lowest BCUT2D eigenvalue weighted by molar-refractivity contribution is 0.162. The molecule has 0 radical (unpaired) electrons. The Morgan fingerprint density at radius 1 is 1.19 bits per heavy atom. The summed E-state index contributed by atoms with van der Waals surface area (Å²) in [5.74, 6) is -0.288. The van der Waals surface area contributed by atoms with Crippen molar-refractivity contribution in [1.82, 2.24) is 4.57 Å². The van der Waals surface area contributed by atoms with Gasteiger partial charge in [-0.05, 0) is 49.4 Å². The maximum Gasteiger partial charge on any atom is 0.190 e. The number of hydrogen-bond acceptors (Lipinski definition) is 3. The maximum atomic E-state index is 13.1. The molecule has 7 heteroatoms. The first-order valence-electron chi connectivity index (χ1n) is 7.94. The van der Waals surface area contributed by atoms with Crippen molar-refractivity contribution < 1.29 is 9.13 Å².